The lowest BCUT2D eigenvalue weighted by Gasteiger charge is -2.10. The fourth-order valence-electron chi connectivity index (χ4n) is 2.17. The largest absolute Gasteiger partial charge is 0.478 e. The number of aryl methyl sites for hydroxylation is 1. The van der Waals surface area contributed by atoms with Crippen molar-refractivity contribution in [2.24, 2.45) is 0 Å². The Morgan fingerprint density at radius 1 is 1.19 bits per heavy atom. The Morgan fingerprint density at radius 3 is 2.76 bits per heavy atom. The van der Waals surface area contributed by atoms with E-state index >= 15 is 0 Å². The first-order valence-corrected chi connectivity index (χ1v) is 6.47. The summed E-state index contributed by atoms with van der Waals surface area (Å²) in [4.78, 5) is 20.1. The number of aromatic carboxylic acids is 1. The molecule has 3 aromatic rings. The number of hydrogen-bond donors (Lipinski definition) is 2. The molecule has 0 atom stereocenters. The number of pyridine rings is 2. The third kappa shape index (κ3) is 2.53. The van der Waals surface area contributed by atoms with Crippen LogP contribution in [0, 0.1) is 6.92 Å². The number of rotatable bonds is 3. The van der Waals surface area contributed by atoms with E-state index in [0.717, 1.165) is 11.4 Å². The lowest BCUT2D eigenvalue weighted by atomic mass is 10.1. The van der Waals surface area contributed by atoms with Gasteiger partial charge in [-0.15, -0.1) is 0 Å². The number of nitrogens with one attached hydrogen (secondary N) is 1. The van der Waals surface area contributed by atoms with Crippen molar-refractivity contribution in [3.8, 4) is 0 Å². The Balaban J connectivity index is 2.11. The molecule has 0 saturated heterocycles. The molecule has 0 aliphatic rings. The molecule has 0 amide bonds. The van der Waals surface area contributed by atoms with Crippen molar-refractivity contribution in [2.45, 2.75) is 6.92 Å². The quantitative estimate of drug-likeness (QED) is 0.768. The highest BCUT2D eigenvalue weighted by Gasteiger charge is 2.12. The van der Waals surface area contributed by atoms with E-state index in [1.807, 2.05) is 25.1 Å². The van der Waals surface area contributed by atoms with Crippen LogP contribution in [0.1, 0.15) is 16.1 Å². The van der Waals surface area contributed by atoms with Crippen molar-refractivity contribution >= 4 is 28.4 Å². The van der Waals surface area contributed by atoms with Gasteiger partial charge in [-0.25, -0.2) is 9.78 Å². The molecule has 0 saturated carbocycles. The summed E-state index contributed by atoms with van der Waals surface area (Å²) in [7, 11) is 0. The summed E-state index contributed by atoms with van der Waals surface area (Å²) in [5, 5.41) is 13.1. The molecule has 0 spiro atoms. The van der Waals surface area contributed by atoms with Crippen molar-refractivity contribution < 1.29 is 9.90 Å². The minimum Gasteiger partial charge on any atom is -0.478 e. The number of benzene rings is 1. The standard InChI is InChI=1S/C16H13N3O2/c1-10-13(7-4-8-17-10)18-15-9-12(16(20)21)11-5-2-3-6-14(11)19-15/h2-9H,1H3,(H,18,19)(H,20,21). The highest BCUT2D eigenvalue weighted by atomic mass is 16.4. The number of carbonyl (C=O) groups is 1. The van der Waals surface area contributed by atoms with Crippen LogP contribution in [0.3, 0.4) is 0 Å². The molecule has 0 radical (unpaired) electrons. The van der Waals surface area contributed by atoms with E-state index in [-0.39, 0.29) is 5.56 Å². The van der Waals surface area contributed by atoms with Gasteiger partial charge in [0.1, 0.15) is 5.82 Å². The molecule has 1 aromatic carbocycles. The van der Waals surface area contributed by atoms with Crippen LogP contribution in [-0.2, 0) is 0 Å². The highest BCUT2D eigenvalue weighted by Crippen LogP contribution is 2.24. The van der Waals surface area contributed by atoms with Gasteiger partial charge in [0.05, 0.1) is 22.5 Å². The number of carboxylic acids is 1. The van der Waals surface area contributed by atoms with Crippen LogP contribution in [0.5, 0.6) is 0 Å². The maximum absolute atomic E-state index is 11.4. The van der Waals surface area contributed by atoms with Crippen LogP contribution in [0.15, 0.2) is 48.7 Å². The third-order valence-corrected chi connectivity index (χ3v) is 3.22. The second-order valence-corrected chi connectivity index (χ2v) is 4.64. The number of fused-ring (bicyclic) bond motifs is 1. The average Bonchev–Trinajstić information content (AvgIpc) is 2.48. The molecule has 3 rings (SSSR count). The predicted molar refractivity (Wildman–Crippen MR) is 81.0 cm³/mol. The van der Waals surface area contributed by atoms with Crippen LogP contribution in [-0.4, -0.2) is 21.0 Å². The van der Waals surface area contributed by atoms with E-state index < -0.39 is 5.97 Å². The normalized spacial score (nSPS) is 10.5. The molecule has 2 N–H and O–H groups in total. The average molecular weight is 279 g/mol. The van der Waals surface area contributed by atoms with Gasteiger partial charge in [0.25, 0.3) is 0 Å². The van der Waals surface area contributed by atoms with Gasteiger partial charge in [-0.1, -0.05) is 18.2 Å². The zero-order chi connectivity index (χ0) is 14.8. The monoisotopic (exact) mass is 279 g/mol. The molecule has 0 aliphatic carbocycles. The fourth-order valence-corrected chi connectivity index (χ4v) is 2.17. The minimum atomic E-state index is -0.973. The van der Waals surface area contributed by atoms with E-state index in [9.17, 15) is 9.90 Å². The summed E-state index contributed by atoms with van der Waals surface area (Å²) in [6.45, 7) is 1.88. The van der Waals surface area contributed by atoms with E-state index in [1.165, 1.54) is 6.07 Å². The molecule has 2 aromatic heterocycles. The molecule has 104 valence electrons. The van der Waals surface area contributed by atoms with Crippen molar-refractivity contribution in [3.63, 3.8) is 0 Å². The summed E-state index contributed by atoms with van der Waals surface area (Å²) >= 11 is 0. The molecular weight excluding hydrogens is 266 g/mol. The number of aromatic nitrogens is 2. The molecule has 0 fully saturated rings. The summed E-state index contributed by atoms with van der Waals surface area (Å²) in [5.74, 6) is -0.484. The molecule has 2 heterocycles. The number of hydrogen-bond acceptors (Lipinski definition) is 4. The summed E-state index contributed by atoms with van der Waals surface area (Å²) in [5.41, 5.74) is 2.49. The van der Waals surface area contributed by atoms with Gasteiger partial charge in [-0.3, -0.25) is 4.98 Å². The summed E-state index contributed by atoms with van der Waals surface area (Å²) < 4.78 is 0. The molecule has 0 aliphatic heterocycles. The topological polar surface area (TPSA) is 75.1 Å². The van der Waals surface area contributed by atoms with Crippen LogP contribution < -0.4 is 5.32 Å². The predicted octanol–water partition coefficient (Wildman–Crippen LogP) is 3.38. The van der Waals surface area contributed by atoms with Gasteiger partial charge in [-0.2, -0.15) is 0 Å². The van der Waals surface area contributed by atoms with Gasteiger partial charge in [0.15, 0.2) is 0 Å². The Labute approximate surface area is 121 Å². The Kier molecular flexibility index (Phi) is 3.23. The van der Waals surface area contributed by atoms with E-state index in [4.69, 9.17) is 0 Å². The maximum Gasteiger partial charge on any atom is 0.336 e. The smallest absolute Gasteiger partial charge is 0.336 e. The van der Waals surface area contributed by atoms with Gasteiger partial charge < -0.3 is 10.4 Å². The number of nitrogens with zero attached hydrogens (tertiary/aromatic N) is 2. The highest BCUT2D eigenvalue weighted by molar-refractivity contribution is 6.03. The molecule has 0 bridgehead atoms. The fraction of sp³-hybridized carbons (Fsp3) is 0.0625. The van der Waals surface area contributed by atoms with Crippen LogP contribution in [0.2, 0.25) is 0 Å². The van der Waals surface area contributed by atoms with E-state index in [1.54, 1.807) is 24.4 Å². The second-order valence-electron chi connectivity index (χ2n) is 4.64. The molecule has 5 nitrogen and oxygen atoms in total. The Hall–Kier alpha value is -2.95. The van der Waals surface area contributed by atoms with Gasteiger partial charge >= 0.3 is 5.97 Å². The van der Waals surface area contributed by atoms with Gasteiger partial charge in [-0.05, 0) is 31.2 Å². The van der Waals surface area contributed by atoms with Crippen LogP contribution in [0.4, 0.5) is 11.5 Å². The first kappa shape index (κ1) is 13.1. The van der Waals surface area contributed by atoms with Crippen molar-refractivity contribution in [1.29, 1.82) is 0 Å². The summed E-state index contributed by atoms with van der Waals surface area (Å²) in [6, 6.07) is 12.4. The van der Waals surface area contributed by atoms with E-state index in [0.29, 0.717) is 16.7 Å². The third-order valence-electron chi connectivity index (χ3n) is 3.22. The first-order valence-electron chi connectivity index (χ1n) is 6.47. The maximum atomic E-state index is 11.4. The second kappa shape index (κ2) is 5.20. The van der Waals surface area contributed by atoms with Crippen molar-refractivity contribution in [2.75, 3.05) is 5.32 Å². The zero-order valence-electron chi connectivity index (χ0n) is 11.4. The van der Waals surface area contributed by atoms with Crippen LogP contribution >= 0.6 is 0 Å². The van der Waals surface area contributed by atoms with Crippen LogP contribution in [0.25, 0.3) is 10.9 Å². The molecular formula is C16H13N3O2. The van der Waals surface area contributed by atoms with Crippen molar-refractivity contribution in [1.82, 2.24) is 9.97 Å². The Morgan fingerprint density at radius 2 is 2.00 bits per heavy atom. The van der Waals surface area contributed by atoms with Gasteiger partial charge in [0.2, 0.25) is 0 Å². The van der Waals surface area contributed by atoms with E-state index in [2.05, 4.69) is 15.3 Å². The zero-order valence-corrected chi connectivity index (χ0v) is 11.4. The number of para-hydroxylation sites is 1. The molecule has 5 heteroatoms. The minimum absolute atomic E-state index is 0.227. The number of anilines is 2. The summed E-state index contributed by atoms with van der Waals surface area (Å²) in [6.07, 6.45) is 1.71. The number of carboxylic acid groups (broad SMARTS) is 1. The van der Waals surface area contributed by atoms with Gasteiger partial charge in [0, 0.05) is 11.6 Å². The molecule has 0 unspecified atom stereocenters. The Bertz CT molecular complexity index is 831. The van der Waals surface area contributed by atoms with Crippen molar-refractivity contribution in [3.05, 3.63) is 59.9 Å². The first-order chi connectivity index (χ1) is 10.1. The lowest BCUT2D eigenvalue weighted by Crippen LogP contribution is -2.03. The molecule has 21 heavy (non-hydrogen) atoms. The SMILES string of the molecule is Cc1ncccc1Nc1cc(C(=O)O)c2ccccc2n1. The lowest BCUT2D eigenvalue weighted by molar-refractivity contribution is 0.0699.